The van der Waals surface area contributed by atoms with E-state index in [0.29, 0.717) is 0 Å². The number of halogens is 4. The predicted octanol–water partition coefficient (Wildman–Crippen LogP) is 2.89. The number of nitrogens with one attached hydrogen (secondary N) is 2. The minimum atomic E-state index is -1.10. The molecule has 0 spiro atoms. The smallest absolute Gasteiger partial charge is 0.258 e. The molecule has 0 heterocycles. The molecule has 0 unspecified atom stereocenters. The Labute approximate surface area is 145 Å². The first-order chi connectivity index (χ1) is 11.8. The van der Waals surface area contributed by atoms with Gasteiger partial charge in [-0.3, -0.25) is 9.59 Å². The maximum Gasteiger partial charge on any atom is 0.258 e. The van der Waals surface area contributed by atoms with Crippen LogP contribution in [0.2, 0.25) is 5.02 Å². The quantitative estimate of drug-likeness (QED) is 0.819. The summed E-state index contributed by atoms with van der Waals surface area (Å²) in [6.07, 6.45) is 0. The minimum Gasteiger partial charge on any atom is -0.484 e. The summed E-state index contributed by atoms with van der Waals surface area (Å²) < 4.78 is 43.9. The Kier molecular flexibility index (Phi) is 6.24. The zero-order chi connectivity index (χ0) is 18.4. The van der Waals surface area contributed by atoms with Crippen LogP contribution in [-0.4, -0.2) is 25.0 Å². The van der Waals surface area contributed by atoms with E-state index >= 15 is 0 Å². The molecule has 0 fully saturated rings. The number of hydrogen-bond acceptors (Lipinski definition) is 3. The van der Waals surface area contributed by atoms with Crippen LogP contribution in [0.25, 0.3) is 0 Å². The molecule has 0 bridgehead atoms. The fraction of sp³-hybridized carbons (Fsp3) is 0.125. The molecular formula is C16H12ClF3N2O3. The number of amides is 2. The Bertz CT molecular complexity index is 802. The van der Waals surface area contributed by atoms with E-state index in [1.54, 1.807) is 0 Å². The Hall–Kier alpha value is -2.74. The van der Waals surface area contributed by atoms with Crippen molar-refractivity contribution >= 4 is 29.1 Å². The number of carbonyl (C=O) groups excluding carboxylic acids is 2. The van der Waals surface area contributed by atoms with Gasteiger partial charge in [-0.2, -0.15) is 0 Å². The summed E-state index contributed by atoms with van der Waals surface area (Å²) in [5, 5.41) is 4.42. The van der Waals surface area contributed by atoms with Crippen molar-refractivity contribution in [2.24, 2.45) is 0 Å². The Morgan fingerprint density at radius 2 is 1.68 bits per heavy atom. The van der Waals surface area contributed by atoms with Crippen LogP contribution >= 0.6 is 11.6 Å². The van der Waals surface area contributed by atoms with Gasteiger partial charge in [-0.05, 0) is 24.3 Å². The first-order valence-electron chi connectivity index (χ1n) is 6.94. The Balaban J connectivity index is 1.76. The number of anilines is 1. The maximum absolute atomic E-state index is 13.0. The summed E-state index contributed by atoms with van der Waals surface area (Å²) in [6, 6.07) is 6.45. The molecule has 0 radical (unpaired) electrons. The Morgan fingerprint density at radius 3 is 2.36 bits per heavy atom. The lowest BCUT2D eigenvalue weighted by molar-refractivity contribution is -0.125. The van der Waals surface area contributed by atoms with Crippen LogP contribution in [-0.2, 0) is 9.59 Å². The molecule has 0 aromatic heterocycles. The first kappa shape index (κ1) is 18.6. The molecule has 0 saturated carbocycles. The molecule has 2 N–H and O–H groups in total. The molecule has 2 amide bonds. The fourth-order valence-corrected chi connectivity index (χ4v) is 1.90. The number of ether oxygens (including phenoxy) is 1. The van der Waals surface area contributed by atoms with Gasteiger partial charge in [0.25, 0.3) is 5.91 Å². The van der Waals surface area contributed by atoms with E-state index in [0.717, 1.165) is 18.2 Å². The zero-order valence-corrected chi connectivity index (χ0v) is 13.4. The molecule has 5 nitrogen and oxygen atoms in total. The second-order valence-corrected chi connectivity index (χ2v) is 5.23. The van der Waals surface area contributed by atoms with Gasteiger partial charge in [0.15, 0.2) is 18.2 Å². The SMILES string of the molecule is O=C(COc1ccc(F)c(Cl)c1)NCC(=O)Nc1ccc(F)c(F)c1. The second-order valence-electron chi connectivity index (χ2n) is 4.82. The molecule has 2 aromatic carbocycles. The van der Waals surface area contributed by atoms with E-state index in [9.17, 15) is 22.8 Å². The van der Waals surface area contributed by atoms with Gasteiger partial charge >= 0.3 is 0 Å². The number of benzene rings is 2. The fourth-order valence-electron chi connectivity index (χ4n) is 1.72. The minimum absolute atomic E-state index is 0.0513. The van der Waals surface area contributed by atoms with Gasteiger partial charge in [0.05, 0.1) is 11.6 Å². The van der Waals surface area contributed by atoms with Crippen molar-refractivity contribution in [2.75, 3.05) is 18.5 Å². The first-order valence-corrected chi connectivity index (χ1v) is 7.32. The van der Waals surface area contributed by atoms with Crippen molar-refractivity contribution < 1.29 is 27.5 Å². The lowest BCUT2D eigenvalue weighted by Crippen LogP contribution is -2.35. The zero-order valence-electron chi connectivity index (χ0n) is 12.6. The molecule has 0 aliphatic rings. The molecule has 0 saturated heterocycles. The normalized spacial score (nSPS) is 10.2. The van der Waals surface area contributed by atoms with Gasteiger partial charge in [0.2, 0.25) is 5.91 Å². The van der Waals surface area contributed by atoms with Crippen molar-refractivity contribution in [3.63, 3.8) is 0 Å². The predicted molar refractivity (Wildman–Crippen MR) is 84.9 cm³/mol. The van der Waals surface area contributed by atoms with E-state index < -0.39 is 42.4 Å². The van der Waals surface area contributed by atoms with Gasteiger partial charge in [-0.1, -0.05) is 11.6 Å². The van der Waals surface area contributed by atoms with Crippen molar-refractivity contribution in [3.8, 4) is 5.75 Å². The van der Waals surface area contributed by atoms with Gasteiger partial charge in [0.1, 0.15) is 11.6 Å². The molecule has 132 valence electrons. The summed E-state index contributed by atoms with van der Waals surface area (Å²) in [5.74, 6) is -3.82. The summed E-state index contributed by atoms with van der Waals surface area (Å²) in [7, 11) is 0. The van der Waals surface area contributed by atoms with Gasteiger partial charge in [-0.25, -0.2) is 13.2 Å². The van der Waals surface area contributed by atoms with E-state index in [2.05, 4.69) is 10.6 Å². The molecule has 9 heteroatoms. The number of hydrogen-bond donors (Lipinski definition) is 2. The van der Waals surface area contributed by atoms with E-state index in [-0.39, 0.29) is 16.5 Å². The largest absolute Gasteiger partial charge is 0.484 e. The second kappa shape index (κ2) is 8.39. The highest BCUT2D eigenvalue weighted by Gasteiger charge is 2.09. The van der Waals surface area contributed by atoms with E-state index in [1.165, 1.54) is 18.2 Å². The molecule has 2 aromatic rings. The third-order valence-electron chi connectivity index (χ3n) is 2.91. The third kappa shape index (κ3) is 5.68. The average molecular weight is 373 g/mol. The van der Waals surface area contributed by atoms with Gasteiger partial charge in [0, 0.05) is 17.8 Å². The van der Waals surface area contributed by atoms with Crippen molar-refractivity contribution in [3.05, 3.63) is 58.9 Å². The summed E-state index contributed by atoms with van der Waals surface area (Å²) in [6.45, 7) is -0.814. The van der Waals surface area contributed by atoms with E-state index in [1.807, 2.05) is 0 Å². The van der Waals surface area contributed by atoms with Crippen LogP contribution in [0.1, 0.15) is 0 Å². The van der Waals surface area contributed by atoms with Crippen molar-refractivity contribution in [1.29, 1.82) is 0 Å². The molecule has 0 atom stereocenters. The van der Waals surface area contributed by atoms with Crippen LogP contribution in [0.4, 0.5) is 18.9 Å². The lowest BCUT2D eigenvalue weighted by Gasteiger charge is -2.09. The van der Waals surface area contributed by atoms with Crippen LogP contribution in [0.5, 0.6) is 5.75 Å². The van der Waals surface area contributed by atoms with Gasteiger partial charge < -0.3 is 15.4 Å². The van der Waals surface area contributed by atoms with Crippen LogP contribution in [0.15, 0.2) is 36.4 Å². The summed E-state index contributed by atoms with van der Waals surface area (Å²) >= 11 is 5.57. The van der Waals surface area contributed by atoms with Crippen LogP contribution in [0, 0.1) is 17.5 Å². The highest BCUT2D eigenvalue weighted by atomic mass is 35.5. The highest BCUT2D eigenvalue weighted by molar-refractivity contribution is 6.30. The monoisotopic (exact) mass is 372 g/mol. The summed E-state index contributed by atoms with van der Waals surface area (Å²) in [4.78, 5) is 23.2. The Morgan fingerprint density at radius 1 is 0.960 bits per heavy atom. The standard InChI is InChI=1S/C16H12ClF3N2O3/c17-11-6-10(2-4-12(11)18)25-8-16(24)21-7-15(23)22-9-1-3-13(19)14(20)5-9/h1-6H,7-8H2,(H,21,24)(H,22,23). The van der Waals surface area contributed by atoms with Crippen LogP contribution < -0.4 is 15.4 Å². The molecule has 0 aliphatic carbocycles. The molecule has 25 heavy (non-hydrogen) atoms. The molecule has 2 rings (SSSR count). The van der Waals surface area contributed by atoms with Crippen molar-refractivity contribution in [1.82, 2.24) is 5.32 Å². The molecular weight excluding hydrogens is 361 g/mol. The number of rotatable bonds is 6. The maximum atomic E-state index is 13.0. The van der Waals surface area contributed by atoms with Gasteiger partial charge in [-0.15, -0.1) is 0 Å². The van der Waals surface area contributed by atoms with E-state index in [4.69, 9.17) is 16.3 Å². The van der Waals surface area contributed by atoms with Crippen LogP contribution in [0.3, 0.4) is 0 Å². The topological polar surface area (TPSA) is 67.4 Å². The average Bonchev–Trinajstić information content (AvgIpc) is 2.57. The lowest BCUT2D eigenvalue weighted by atomic mass is 10.3. The molecule has 0 aliphatic heterocycles. The van der Waals surface area contributed by atoms with Crippen molar-refractivity contribution in [2.45, 2.75) is 0 Å². The number of carbonyl (C=O) groups is 2. The summed E-state index contributed by atoms with van der Waals surface area (Å²) in [5.41, 5.74) is 0.0513. The highest BCUT2D eigenvalue weighted by Crippen LogP contribution is 2.20. The third-order valence-corrected chi connectivity index (χ3v) is 3.20.